The number of aliphatic carboxylic acids is 1. The van der Waals surface area contributed by atoms with Crippen LogP contribution >= 0.6 is 0 Å². The lowest BCUT2D eigenvalue weighted by Crippen LogP contribution is -2.49. The largest absolute Gasteiger partial charge is 0.477 e. The van der Waals surface area contributed by atoms with Gasteiger partial charge < -0.3 is 20.4 Å². The molecule has 5 heteroatoms. The van der Waals surface area contributed by atoms with Crippen LogP contribution in [0.5, 0.6) is 0 Å². The Bertz CT molecular complexity index is 360. The van der Waals surface area contributed by atoms with Crippen LogP contribution in [0.25, 0.3) is 0 Å². The van der Waals surface area contributed by atoms with E-state index in [1.807, 2.05) is 0 Å². The van der Waals surface area contributed by atoms with Crippen molar-refractivity contribution >= 4 is 5.97 Å². The van der Waals surface area contributed by atoms with E-state index in [4.69, 9.17) is 15.3 Å². The molecule has 0 heterocycles. The average Bonchev–Trinajstić information content (AvgIpc) is 2.51. The number of carbonyl (C=O) groups is 1. The molecule has 0 fully saturated rings. The van der Waals surface area contributed by atoms with Crippen molar-refractivity contribution < 1.29 is 25.2 Å². The number of carboxylic acids is 1. The molecule has 0 aromatic carbocycles. The molecule has 0 rings (SSSR count). The molecule has 134 valence electrons. The molecule has 0 amide bonds. The number of allylic oxidation sites excluding steroid dienone is 4. The van der Waals surface area contributed by atoms with Gasteiger partial charge in [-0.3, -0.25) is 0 Å². The van der Waals surface area contributed by atoms with Crippen LogP contribution in [-0.2, 0) is 4.79 Å². The number of carboxylic acid groups (broad SMARTS) is 1. The molecule has 0 aliphatic carbocycles. The predicted molar refractivity (Wildman–Crippen MR) is 90.9 cm³/mol. The van der Waals surface area contributed by atoms with Gasteiger partial charge in [0.15, 0.2) is 0 Å². The minimum atomic E-state index is -3.05. The normalized spacial score (nSPS) is 13.9. The lowest BCUT2D eigenvalue weighted by Gasteiger charge is -2.22. The number of unbranched alkanes of at least 4 members (excludes halogenated alkanes) is 7. The van der Waals surface area contributed by atoms with Gasteiger partial charge in [0.05, 0.1) is 0 Å². The van der Waals surface area contributed by atoms with E-state index >= 15 is 0 Å². The molecular formula is C18H32O5. The van der Waals surface area contributed by atoms with Gasteiger partial charge in [-0.2, -0.15) is 0 Å². The summed E-state index contributed by atoms with van der Waals surface area (Å²) in [7, 11) is 0. The molecule has 0 bridgehead atoms. The molecule has 5 nitrogen and oxygen atoms in total. The Morgan fingerprint density at radius 2 is 1.48 bits per heavy atom. The zero-order chi connectivity index (χ0) is 17.6. The average molecular weight is 328 g/mol. The first kappa shape index (κ1) is 21.8. The molecule has 0 saturated carbocycles. The summed E-state index contributed by atoms with van der Waals surface area (Å²) < 4.78 is 0. The fourth-order valence-corrected chi connectivity index (χ4v) is 2.16. The van der Waals surface area contributed by atoms with E-state index < -0.39 is 17.9 Å². The van der Waals surface area contributed by atoms with Gasteiger partial charge in [0.25, 0.3) is 5.79 Å². The maximum absolute atomic E-state index is 10.5. The van der Waals surface area contributed by atoms with Crippen molar-refractivity contribution in [1.82, 2.24) is 0 Å². The van der Waals surface area contributed by atoms with Crippen LogP contribution < -0.4 is 0 Å². The van der Waals surface area contributed by atoms with Crippen molar-refractivity contribution in [1.29, 1.82) is 0 Å². The van der Waals surface area contributed by atoms with E-state index in [1.54, 1.807) is 0 Å². The SMILES string of the molecule is CCCCC/C=C\C=C\CCCCCCC(O)C(O)(O)C(=O)O. The van der Waals surface area contributed by atoms with Crippen molar-refractivity contribution in [3.8, 4) is 0 Å². The number of aliphatic hydroxyl groups excluding tert-OH is 1. The quantitative estimate of drug-likeness (QED) is 0.223. The van der Waals surface area contributed by atoms with Crippen LogP contribution in [0.1, 0.15) is 71.1 Å². The Hall–Kier alpha value is -1.17. The fourth-order valence-electron chi connectivity index (χ4n) is 2.16. The van der Waals surface area contributed by atoms with Crippen molar-refractivity contribution in [3.05, 3.63) is 24.3 Å². The first-order chi connectivity index (χ1) is 10.9. The van der Waals surface area contributed by atoms with Gasteiger partial charge in [0, 0.05) is 0 Å². The molecule has 1 unspecified atom stereocenters. The van der Waals surface area contributed by atoms with Crippen molar-refractivity contribution in [2.75, 3.05) is 0 Å². The van der Waals surface area contributed by atoms with E-state index in [0.717, 1.165) is 32.1 Å². The zero-order valence-corrected chi connectivity index (χ0v) is 14.2. The van der Waals surface area contributed by atoms with Gasteiger partial charge in [-0.1, -0.05) is 63.3 Å². The Kier molecular flexibility index (Phi) is 12.6. The van der Waals surface area contributed by atoms with Gasteiger partial charge in [0.2, 0.25) is 0 Å². The van der Waals surface area contributed by atoms with E-state index in [0.29, 0.717) is 6.42 Å². The van der Waals surface area contributed by atoms with Gasteiger partial charge >= 0.3 is 5.97 Å². The number of aliphatic hydroxyl groups is 3. The molecule has 0 radical (unpaired) electrons. The molecule has 0 aromatic rings. The van der Waals surface area contributed by atoms with Gasteiger partial charge in [0.1, 0.15) is 6.10 Å². The highest BCUT2D eigenvalue weighted by atomic mass is 16.6. The highest BCUT2D eigenvalue weighted by Crippen LogP contribution is 2.15. The van der Waals surface area contributed by atoms with Crippen LogP contribution in [0, 0.1) is 0 Å². The maximum Gasteiger partial charge on any atom is 0.366 e. The summed E-state index contributed by atoms with van der Waals surface area (Å²) in [6, 6.07) is 0. The van der Waals surface area contributed by atoms with Crippen LogP contribution in [-0.4, -0.2) is 38.3 Å². The third kappa shape index (κ3) is 11.1. The zero-order valence-electron chi connectivity index (χ0n) is 14.2. The molecule has 1 atom stereocenters. The van der Waals surface area contributed by atoms with E-state index in [9.17, 15) is 9.90 Å². The second-order valence-electron chi connectivity index (χ2n) is 5.89. The molecular weight excluding hydrogens is 296 g/mol. The van der Waals surface area contributed by atoms with Crippen molar-refractivity contribution in [2.24, 2.45) is 0 Å². The molecule has 4 N–H and O–H groups in total. The summed E-state index contributed by atoms with van der Waals surface area (Å²) in [6.07, 6.45) is 16.2. The molecule has 0 aliphatic rings. The van der Waals surface area contributed by atoms with E-state index in [1.165, 1.54) is 19.3 Å². The summed E-state index contributed by atoms with van der Waals surface area (Å²) in [5.74, 6) is -4.87. The third-order valence-electron chi connectivity index (χ3n) is 3.74. The second kappa shape index (κ2) is 13.3. The molecule has 0 spiro atoms. The van der Waals surface area contributed by atoms with Crippen LogP contribution in [0.4, 0.5) is 0 Å². The summed E-state index contributed by atoms with van der Waals surface area (Å²) >= 11 is 0. The summed E-state index contributed by atoms with van der Waals surface area (Å²) in [4.78, 5) is 10.5. The Balaban J connectivity index is 3.54. The number of hydrogen-bond donors (Lipinski definition) is 4. The number of hydrogen-bond acceptors (Lipinski definition) is 4. The number of rotatable bonds is 14. The lowest BCUT2D eigenvalue weighted by molar-refractivity contribution is -0.237. The summed E-state index contributed by atoms with van der Waals surface area (Å²) in [6.45, 7) is 2.19. The van der Waals surface area contributed by atoms with Gasteiger partial charge in [-0.15, -0.1) is 0 Å². The Labute approximate surface area is 139 Å². The van der Waals surface area contributed by atoms with E-state index in [2.05, 4.69) is 31.2 Å². The molecule has 23 heavy (non-hydrogen) atoms. The standard InChI is InChI=1S/C18H32O5/c1-2-3-4-5-6-7-8-9-10-11-12-13-14-15-16(19)18(22,23)17(20)21/h6-9,16,19,22-23H,2-5,10-15H2,1H3,(H,20,21)/b7-6-,9-8+. The molecule has 0 saturated heterocycles. The second-order valence-corrected chi connectivity index (χ2v) is 5.89. The minimum Gasteiger partial charge on any atom is -0.477 e. The Morgan fingerprint density at radius 1 is 0.957 bits per heavy atom. The topological polar surface area (TPSA) is 98.0 Å². The summed E-state index contributed by atoms with van der Waals surface area (Å²) in [5.41, 5.74) is 0. The first-order valence-electron chi connectivity index (χ1n) is 8.60. The van der Waals surface area contributed by atoms with Crippen LogP contribution in [0.15, 0.2) is 24.3 Å². The van der Waals surface area contributed by atoms with Crippen molar-refractivity contribution in [3.63, 3.8) is 0 Å². The van der Waals surface area contributed by atoms with E-state index in [-0.39, 0.29) is 6.42 Å². The Morgan fingerprint density at radius 3 is 2.00 bits per heavy atom. The van der Waals surface area contributed by atoms with Gasteiger partial charge in [-0.25, -0.2) is 4.79 Å². The monoisotopic (exact) mass is 328 g/mol. The van der Waals surface area contributed by atoms with Crippen LogP contribution in [0.2, 0.25) is 0 Å². The predicted octanol–water partition coefficient (Wildman–Crippen LogP) is 3.15. The maximum atomic E-state index is 10.5. The highest BCUT2D eigenvalue weighted by molar-refractivity contribution is 5.75. The smallest absolute Gasteiger partial charge is 0.366 e. The first-order valence-corrected chi connectivity index (χ1v) is 8.60. The van der Waals surface area contributed by atoms with Gasteiger partial charge in [-0.05, 0) is 32.1 Å². The molecule has 0 aromatic heterocycles. The lowest BCUT2D eigenvalue weighted by atomic mass is 10.0. The van der Waals surface area contributed by atoms with Crippen molar-refractivity contribution in [2.45, 2.75) is 83.0 Å². The molecule has 0 aliphatic heterocycles. The highest BCUT2D eigenvalue weighted by Gasteiger charge is 2.41. The fraction of sp³-hybridized carbons (Fsp3) is 0.722. The minimum absolute atomic E-state index is 0.0651. The summed E-state index contributed by atoms with van der Waals surface area (Å²) in [5, 5.41) is 36.3. The third-order valence-corrected chi connectivity index (χ3v) is 3.74. The van der Waals surface area contributed by atoms with Crippen LogP contribution in [0.3, 0.4) is 0 Å².